The van der Waals surface area contributed by atoms with Gasteiger partial charge in [-0.05, 0) is 30.7 Å². The summed E-state index contributed by atoms with van der Waals surface area (Å²) in [5.74, 6) is 1.42. The highest BCUT2D eigenvalue weighted by Crippen LogP contribution is 2.12. The zero-order valence-corrected chi connectivity index (χ0v) is 11.1. The van der Waals surface area contributed by atoms with Crippen LogP contribution in [0.4, 0.5) is 5.69 Å². The summed E-state index contributed by atoms with van der Waals surface area (Å²) in [5.41, 5.74) is 6.23. The Morgan fingerprint density at radius 2 is 2.15 bits per heavy atom. The Morgan fingerprint density at radius 3 is 2.85 bits per heavy atom. The number of hydrogen-bond donors (Lipinski definition) is 3. The number of nitrogens with two attached hydrogens (primary N) is 1. The van der Waals surface area contributed by atoms with Gasteiger partial charge in [0.25, 0.3) is 5.91 Å². The van der Waals surface area contributed by atoms with Gasteiger partial charge in [0.2, 0.25) is 0 Å². The molecule has 0 unspecified atom stereocenters. The lowest BCUT2D eigenvalue weighted by molar-refractivity contribution is -0.123. The summed E-state index contributed by atoms with van der Waals surface area (Å²) in [6, 6.07) is 6.94. The molecule has 0 bridgehead atoms. The van der Waals surface area contributed by atoms with E-state index in [1.807, 2.05) is 0 Å². The number of aryl methyl sites for hydroxylation is 1. The summed E-state index contributed by atoms with van der Waals surface area (Å²) >= 11 is 0. The molecule has 6 heteroatoms. The lowest BCUT2D eigenvalue weighted by Crippen LogP contribution is -2.29. The minimum atomic E-state index is -0.138. The van der Waals surface area contributed by atoms with Crippen LogP contribution in [0.5, 0.6) is 5.75 Å². The SMILES string of the molecule is Nc1ccc(OCC(=O)NCCCc2ncc[nH]2)cc1. The van der Waals surface area contributed by atoms with Gasteiger partial charge >= 0.3 is 0 Å². The van der Waals surface area contributed by atoms with Crippen LogP contribution < -0.4 is 15.8 Å². The van der Waals surface area contributed by atoms with Gasteiger partial charge in [-0.3, -0.25) is 4.79 Å². The first-order valence-electron chi connectivity index (χ1n) is 6.47. The molecule has 106 valence electrons. The van der Waals surface area contributed by atoms with Crippen molar-refractivity contribution >= 4 is 11.6 Å². The maximum absolute atomic E-state index is 11.6. The summed E-state index contributed by atoms with van der Waals surface area (Å²) < 4.78 is 5.34. The molecule has 1 heterocycles. The van der Waals surface area contributed by atoms with E-state index < -0.39 is 0 Å². The molecule has 1 aromatic heterocycles. The molecule has 1 aromatic carbocycles. The number of aromatic nitrogens is 2. The highest BCUT2D eigenvalue weighted by molar-refractivity contribution is 5.77. The van der Waals surface area contributed by atoms with Gasteiger partial charge in [0.1, 0.15) is 11.6 Å². The van der Waals surface area contributed by atoms with Gasteiger partial charge in [-0.25, -0.2) is 4.98 Å². The molecule has 2 aromatic rings. The van der Waals surface area contributed by atoms with Crippen LogP contribution in [0, 0.1) is 0 Å². The van der Waals surface area contributed by atoms with E-state index in [1.54, 1.807) is 36.7 Å². The Bertz CT molecular complexity index is 523. The van der Waals surface area contributed by atoms with Gasteiger partial charge < -0.3 is 20.8 Å². The molecule has 0 saturated heterocycles. The minimum Gasteiger partial charge on any atom is -0.484 e. The topological polar surface area (TPSA) is 93.0 Å². The van der Waals surface area contributed by atoms with Crippen LogP contribution in [0.1, 0.15) is 12.2 Å². The number of ether oxygens (including phenoxy) is 1. The van der Waals surface area contributed by atoms with Crippen molar-refractivity contribution in [3.8, 4) is 5.75 Å². The molecule has 1 amide bonds. The molecule has 20 heavy (non-hydrogen) atoms. The number of amides is 1. The lowest BCUT2D eigenvalue weighted by atomic mass is 10.3. The fourth-order valence-electron chi connectivity index (χ4n) is 1.68. The molecule has 0 spiro atoms. The molecule has 6 nitrogen and oxygen atoms in total. The Balaban J connectivity index is 1.59. The first-order chi connectivity index (χ1) is 9.74. The van der Waals surface area contributed by atoms with Crippen LogP contribution in [0.3, 0.4) is 0 Å². The van der Waals surface area contributed by atoms with Crippen molar-refractivity contribution in [1.29, 1.82) is 0 Å². The first-order valence-corrected chi connectivity index (χ1v) is 6.47. The van der Waals surface area contributed by atoms with Gasteiger partial charge in [-0.2, -0.15) is 0 Å². The zero-order chi connectivity index (χ0) is 14.2. The number of imidazole rings is 1. The Hall–Kier alpha value is -2.50. The second kappa shape index (κ2) is 7.18. The second-order valence-electron chi connectivity index (χ2n) is 4.35. The summed E-state index contributed by atoms with van der Waals surface area (Å²) in [4.78, 5) is 18.7. The van der Waals surface area contributed by atoms with Crippen LogP contribution in [0.25, 0.3) is 0 Å². The number of H-pyrrole nitrogens is 1. The van der Waals surface area contributed by atoms with Crippen molar-refractivity contribution in [2.45, 2.75) is 12.8 Å². The van der Waals surface area contributed by atoms with E-state index in [2.05, 4.69) is 15.3 Å². The lowest BCUT2D eigenvalue weighted by Gasteiger charge is -2.07. The largest absolute Gasteiger partial charge is 0.484 e. The Kier molecular flexibility index (Phi) is 5.00. The monoisotopic (exact) mass is 274 g/mol. The molecule has 0 atom stereocenters. The number of aromatic amines is 1. The van der Waals surface area contributed by atoms with Crippen molar-refractivity contribution < 1.29 is 9.53 Å². The Labute approximate surface area is 117 Å². The number of rotatable bonds is 7. The molecular weight excluding hydrogens is 256 g/mol. The molecule has 2 rings (SSSR count). The van der Waals surface area contributed by atoms with Gasteiger partial charge in [0, 0.05) is 31.0 Å². The highest BCUT2D eigenvalue weighted by atomic mass is 16.5. The van der Waals surface area contributed by atoms with E-state index in [0.29, 0.717) is 18.0 Å². The van der Waals surface area contributed by atoms with E-state index in [0.717, 1.165) is 18.7 Å². The summed E-state index contributed by atoms with van der Waals surface area (Å²) in [7, 11) is 0. The van der Waals surface area contributed by atoms with Crippen LogP contribution in [0.2, 0.25) is 0 Å². The molecule has 0 aliphatic rings. The van der Waals surface area contributed by atoms with E-state index in [-0.39, 0.29) is 12.5 Å². The van der Waals surface area contributed by atoms with Crippen LogP contribution >= 0.6 is 0 Å². The summed E-state index contributed by atoms with van der Waals surface area (Å²) in [6.07, 6.45) is 5.15. The van der Waals surface area contributed by atoms with E-state index in [9.17, 15) is 4.79 Å². The standard InChI is InChI=1S/C14H18N4O2/c15-11-3-5-12(6-4-11)20-10-14(19)18-7-1-2-13-16-8-9-17-13/h3-6,8-9H,1-2,7,10,15H2,(H,16,17)(H,18,19). The number of benzene rings is 1. The predicted octanol–water partition coefficient (Wildman–Crippen LogP) is 1.12. The number of carbonyl (C=O) groups is 1. The number of hydrogen-bond acceptors (Lipinski definition) is 4. The van der Waals surface area contributed by atoms with Gasteiger partial charge in [-0.15, -0.1) is 0 Å². The normalized spacial score (nSPS) is 10.2. The molecular formula is C14H18N4O2. The summed E-state index contributed by atoms with van der Waals surface area (Å²) in [6.45, 7) is 0.606. The second-order valence-corrected chi connectivity index (χ2v) is 4.35. The maximum atomic E-state index is 11.6. The van der Waals surface area contributed by atoms with Crippen molar-refractivity contribution in [3.05, 3.63) is 42.5 Å². The number of nitrogens with zero attached hydrogens (tertiary/aromatic N) is 1. The van der Waals surface area contributed by atoms with Gasteiger partial charge in [0.05, 0.1) is 0 Å². The van der Waals surface area contributed by atoms with Crippen LogP contribution in [-0.2, 0) is 11.2 Å². The predicted molar refractivity (Wildman–Crippen MR) is 76.3 cm³/mol. The molecule has 0 saturated carbocycles. The third-order valence-electron chi connectivity index (χ3n) is 2.72. The average molecular weight is 274 g/mol. The number of anilines is 1. The van der Waals surface area contributed by atoms with Crippen molar-refractivity contribution in [2.24, 2.45) is 0 Å². The fraction of sp³-hybridized carbons (Fsp3) is 0.286. The van der Waals surface area contributed by atoms with Crippen molar-refractivity contribution in [3.63, 3.8) is 0 Å². The summed E-state index contributed by atoms with van der Waals surface area (Å²) in [5, 5.41) is 2.80. The van der Waals surface area contributed by atoms with Crippen molar-refractivity contribution in [1.82, 2.24) is 15.3 Å². The molecule has 0 aliphatic heterocycles. The van der Waals surface area contributed by atoms with Crippen LogP contribution in [0.15, 0.2) is 36.7 Å². The van der Waals surface area contributed by atoms with E-state index in [4.69, 9.17) is 10.5 Å². The maximum Gasteiger partial charge on any atom is 0.257 e. The average Bonchev–Trinajstić information content (AvgIpc) is 2.96. The fourth-order valence-corrected chi connectivity index (χ4v) is 1.68. The van der Waals surface area contributed by atoms with Gasteiger partial charge in [-0.1, -0.05) is 0 Å². The third-order valence-corrected chi connectivity index (χ3v) is 2.72. The quantitative estimate of drug-likeness (QED) is 0.521. The molecule has 4 N–H and O–H groups in total. The van der Waals surface area contributed by atoms with Crippen LogP contribution in [-0.4, -0.2) is 29.0 Å². The minimum absolute atomic E-state index is 0.00463. The van der Waals surface area contributed by atoms with Crippen molar-refractivity contribution in [2.75, 3.05) is 18.9 Å². The van der Waals surface area contributed by atoms with E-state index in [1.165, 1.54) is 0 Å². The highest BCUT2D eigenvalue weighted by Gasteiger charge is 2.02. The number of nitrogens with one attached hydrogen (secondary N) is 2. The Morgan fingerprint density at radius 1 is 1.35 bits per heavy atom. The number of nitrogen functional groups attached to an aromatic ring is 1. The third kappa shape index (κ3) is 4.64. The zero-order valence-electron chi connectivity index (χ0n) is 11.1. The molecule has 0 fully saturated rings. The number of carbonyl (C=O) groups excluding carboxylic acids is 1. The smallest absolute Gasteiger partial charge is 0.257 e. The molecule has 0 aliphatic carbocycles. The van der Waals surface area contributed by atoms with Gasteiger partial charge in [0.15, 0.2) is 6.61 Å². The van der Waals surface area contributed by atoms with E-state index >= 15 is 0 Å². The molecule has 0 radical (unpaired) electrons. The first kappa shape index (κ1) is 13.9.